The van der Waals surface area contributed by atoms with Crippen molar-refractivity contribution in [2.24, 2.45) is 4.99 Å². The van der Waals surface area contributed by atoms with Gasteiger partial charge in [0, 0.05) is 0 Å². The second kappa shape index (κ2) is 2.93. The minimum atomic E-state index is -4.48. The molecular formula is C8H6F3N3O. The molecule has 0 atom stereocenters. The molecule has 1 aliphatic carbocycles. The molecule has 0 aliphatic heterocycles. The van der Waals surface area contributed by atoms with E-state index in [9.17, 15) is 18.0 Å². The van der Waals surface area contributed by atoms with Crippen LogP contribution in [0.3, 0.4) is 0 Å². The van der Waals surface area contributed by atoms with E-state index >= 15 is 0 Å². The van der Waals surface area contributed by atoms with Crippen LogP contribution in [-0.4, -0.2) is 16.3 Å². The van der Waals surface area contributed by atoms with Crippen LogP contribution >= 0.6 is 0 Å². The maximum Gasteiger partial charge on any atom is 0.435 e. The lowest BCUT2D eigenvalue weighted by molar-refractivity contribution is -0.141. The molecule has 1 aromatic heterocycles. The highest BCUT2D eigenvalue weighted by Gasteiger charge is 2.48. The molecule has 1 aliphatic rings. The Bertz CT molecular complexity index is 427. The normalized spacial score (nSPS) is 18.3. The predicted octanol–water partition coefficient (Wildman–Crippen LogP) is 1.75. The van der Waals surface area contributed by atoms with Gasteiger partial charge in [-0.15, -0.1) is 0 Å². The highest BCUT2D eigenvalue weighted by atomic mass is 19.4. The van der Waals surface area contributed by atoms with Crippen molar-refractivity contribution in [2.75, 3.05) is 0 Å². The van der Waals surface area contributed by atoms with Crippen LogP contribution in [0.25, 0.3) is 0 Å². The van der Waals surface area contributed by atoms with E-state index in [2.05, 4.69) is 15.2 Å². The number of nitrogens with zero attached hydrogens (tertiary/aromatic N) is 2. The number of hydrogen-bond donors (Lipinski definition) is 1. The smallest absolute Gasteiger partial charge is 0.279 e. The zero-order valence-corrected chi connectivity index (χ0v) is 7.43. The highest BCUT2D eigenvalue weighted by Crippen LogP contribution is 2.49. The molecule has 1 N–H and O–H groups in total. The summed E-state index contributed by atoms with van der Waals surface area (Å²) in [6, 6.07) is 0.883. The Morgan fingerprint density at radius 1 is 1.53 bits per heavy atom. The number of isocyanates is 1. The van der Waals surface area contributed by atoms with E-state index < -0.39 is 17.4 Å². The average molecular weight is 217 g/mol. The van der Waals surface area contributed by atoms with E-state index in [1.807, 2.05) is 0 Å². The topological polar surface area (TPSA) is 58.1 Å². The fourth-order valence-electron chi connectivity index (χ4n) is 1.35. The summed E-state index contributed by atoms with van der Waals surface area (Å²) in [5.74, 6) is 0. The lowest BCUT2D eigenvalue weighted by atomic mass is 10.2. The van der Waals surface area contributed by atoms with Crippen molar-refractivity contribution in [2.45, 2.75) is 24.6 Å². The molecule has 1 saturated carbocycles. The van der Waals surface area contributed by atoms with Crippen molar-refractivity contribution >= 4 is 6.08 Å². The quantitative estimate of drug-likeness (QED) is 0.606. The first-order valence-corrected chi connectivity index (χ1v) is 4.20. The monoisotopic (exact) mass is 217 g/mol. The molecule has 2 rings (SSSR count). The molecular weight excluding hydrogens is 211 g/mol. The molecule has 0 amide bonds. The van der Waals surface area contributed by atoms with Gasteiger partial charge in [0.05, 0.1) is 5.69 Å². The van der Waals surface area contributed by atoms with Gasteiger partial charge in [-0.05, 0) is 18.9 Å². The van der Waals surface area contributed by atoms with Gasteiger partial charge in [0.1, 0.15) is 5.54 Å². The number of halogens is 3. The molecule has 7 heteroatoms. The number of carbonyl (C=O) groups excluding carboxylic acids is 1. The van der Waals surface area contributed by atoms with E-state index in [0.29, 0.717) is 12.8 Å². The van der Waals surface area contributed by atoms with Crippen LogP contribution in [0, 0.1) is 0 Å². The maximum absolute atomic E-state index is 12.2. The summed E-state index contributed by atoms with van der Waals surface area (Å²) < 4.78 is 36.6. The second-order valence-corrected chi connectivity index (χ2v) is 3.40. The number of aromatic amines is 1. The fourth-order valence-corrected chi connectivity index (χ4v) is 1.35. The number of hydrogen-bond acceptors (Lipinski definition) is 3. The molecule has 0 bridgehead atoms. The van der Waals surface area contributed by atoms with Crippen LogP contribution in [0.15, 0.2) is 11.1 Å². The van der Waals surface area contributed by atoms with E-state index in [1.165, 1.54) is 6.08 Å². The van der Waals surface area contributed by atoms with E-state index in [1.54, 1.807) is 0 Å². The lowest BCUT2D eigenvalue weighted by Crippen LogP contribution is -2.05. The van der Waals surface area contributed by atoms with Crippen molar-refractivity contribution in [3.63, 3.8) is 0 Å². The number of rotatable bonds is 2. The van der Waals surface area contributed by atoms with Gasteiger partial charge < -0.3 is 0 Å². The van der Waals surface area contributed by atoms with Gasteiger partial charge in [0.15, 0.2) is 5.69 Å². The number of nitrogens with one attached hydrogen (secondary N) is 1. The Hall–Kier alpha value is -1.62. The maximum atomic E-state index is 12.2. The van der Waals surface area contributed by atoms with Crippen molar-refractivity contribution < 1.29 is 18.0 Å². The van der Waals surface area contributed by atoms with Gasteiger partial charge in [0.25, 0.3) is 0 Å². The third-order valence-corrected chi connectivity index (χ3v) is 2.35. The van der Waals surface area contributed by atoms with Crippen molar-refractivity contribution in [3.8, 4) is 0 Å². The third-order valence-electron chi connectivity index (χ3n) is 2.35. The first-order valence-electron chi connectivity index (χ1n) is 4.20. The zero-order chi connectivity index (χ0) is 11.1. The molecule has 1 heterocycles. The Morgan fingerprint density at radius 2 is 2.20 bits per heavy atom. The molecule has 0 saturated heterocycles. The summed E-state index contributed by atoms with van der Waals surface area (Å²) >= 11 is 0. The van der Waals surface area contributed by atoms with Gasteiger partial charge in [0.2, 0.25) is 6.08 Å². The van der Waals surface area contributed by atoms with Crippen LogP contribution < -0.4 is 0 Å². The Kier molecular flexibility index (Phi) is 1.94. The van der Waals surface area contributed by atoms with Crippen molar-refractivity contribution in [3.05, 3.63) is 17.5 Å². The summed E-state index contributed by atoms with van der Waals surface area (Å²) in [5, 5.41) is 5.39. The molecule has 0 radical (unpaired) electrons. The number of aliphatic imine (C=N–C) groups is 1. The Morgan fingerprint density at radius 3 is 2.60 bits per heavy atom. The van der Waals surface area contributed by atoms with E-state index in [0.717, 1.165) is 6.07 Å². The fraction of sp³-hybridized carbons (Fsp3) is 0.500. The first-order chi connectivity index (χ1) is 6.98. The Labute approximate surface area is 82.2 Å². The van der Waals surface area contributed by atoms with Crippen molar-refractivity contribution in [1.82, 2.24) is 10.2 Å². The summed E-state index contributed by atoms with van der Waals surface area (Å²) in [4.78, 5) is 13.6. The molecule has 4 nitrogen and oxygen atoms in total. The molecule has 0 spiro atoms. The van der Waals surface area contributed by atoms with Crippen LogP contribution in [-0.2, 0) is 16.5 Å². The molecule has 1 aromatic rings. The van der Waals surface area contributed by atoms with Crippen LogP contribution in [0.1, 0.15) is 24.2 Å². The second-order valence-electron chi connectivity index (χ2n) is 3.40. The Balaban J connectivity index is 2.32. The molecule has 0 unspecified atom stereocenters. The predicted molar refractivity (Wildman–Crippen MR) is 42.6 cm³/mol. The number of aromatic nitrogens is 2. The molecule has 1 fully saturated rings. The lowest BCUT2D eigenvalue weighted by Gasteiger charge is -2.02. The van der Waals surface area contributed by atoms with Gasteiger partial charge in [-0.2, -0.15) is 23.3 Å². The van der Waals surface area contributed by atoms with E-state index in [-0.39, 0.29) is 5.69 Å². The summed E-state index contributed by atoms with van der Waals surface area (Å²) in [6.45, 7) is 0. The highest BCUT2D eigenvalue weighted by molar-refractivity contribution is 5.39. The third kappa shape index (κ3) is 1.66. The minimum absolute atomic E-state index is 0.221. The summed E-state index contributed by atoms with van der Waals surface area (Å²) in [5.41, 5.74) is -1.61. The van der Waals surface area contributed by atoms with Gasteiger partial charge in [-0.1, -0.05) is 0 Å². The molecule has 0 aromatic carbocycles. The van der Waals surface area contributed by atoms with Crippen LogP contribution in [0.5, 0.6) is 0 Å². The average Bonchev–Trinajstić information content (AvgIpc) is 2.75. The zero-order valence-electron chi connectivity index (χ0n) is 7.43. The van der Waals surface area contributed by atoms with Gasteiger partial charge >= 0.3 is 6.18 Å². The largest absolute Gasteiger partial charge is 0.435 e. The van der Waals surface area contributed by atoms with Crippen molar-refractivity contribution in [1.29, 1.82) is 0 Å². The standard InChI is InChI=1S/C8H6F3N3O/c9-8(10,11)6-3-5(13-14-6)7(1-2-7)12-4-15/h3H,1-2H2,(H,13,14). The summed E-state index contributed by atoms with van der Waals surface area (Å²) in [7, 11) is 0. The first kappa shape index (κ1) is 9.92. The minimum Gasteiger partial charge on any atom is -0.279 e. The molecule has 80 valence electrons. The SMILES string of the molecule is O=C=NC1(c2cc(C(F)(F)F)n[nH]2)CC1. The molecule has 15 heavy (non-hydrogen) atoms. The van der Waals surface area contributed by atoms with Crippen LogP contribution in [0.4, 0.5) is 13.2 Å². The number of H-pyrrole nitrogens is 1. The van der Waals surface area contributed by atoms with E-state index in [4.69, 9.17) is 0 Å². The van der Waals surface area contributed by atoms with Crippen LogP contribution in [0.2, 0.25) is 0 Å². The van der Waals surface area contributed by atoms with Gasteiger partial charge in [-0.25, -0.2) is 4.79 Å². The summed E-state index contributed by atoms with van der Waals surface area (Å²) in [6.07, 6.45) is -2.03. The number of alkyl halides is 3. The van der Waals surface area contributed by atoms with Gasteiger partial charge in [-0.3, -0.25) is 5.10 Å².